The summed E-state index contributed by atoms with van der Waals surface area (Å²) in [6.45, 7) is 3.23. The monoisotopic (exact) mass is 910 g/mol. The fourth-order valence-corrected chi connectivity index (χ4v) is 7.13. The Labute approximate surface area is 380 Å². The fraction of sp³-hybridized carbons (Fsp3) is 0.319. The highest BCUT2D eigenvalue weighted by molar-refractivity contribution is 6.48. The van der Waals surface area contributed by atoms with E-state index in [1.54, 1.807) is 67.5 Å². The van der Waals surface area contributed by atoms with Crippen molar-refractivity contribution in [2.75, 3.05) is 19.8 Å². The first-order valence-electron chi connectivity index (χ1n) is 20.9. The van der Waals surface area contributed by atoms with Crippen LogP contribution in [0.25, 0.3) is 22.3 Å². The molecule has 1 aliphatic rings. The minimum atomic E-state index is -1.44. The van der Waals surface area contributed by atoms with Gasteiger partial charge >= 0.3 is 17.9 Å². The minimum Gasteiger partial charge on any atom is -0.481 e. The van der Waals surface area contributed by atoms with Gasteiger partial charge in [0, 0.05) is 17.2 Å². The van der Waals surface area contributed by atoms with Gasteiger partial charge in [-0.3, -0.25) is 14.4 Å². The first-order chi connectivity index (χ1) is 31.4. The van der Waals surface area contributed by atoms with E-state index in [9.17, 15) is 53.4 Å². The van der Waals surface area contributed by atoms with Crippen LogP contribution >= 0.6 is 0 Å². The summed E-state index contributed by atoms with van der Waals surface area (Å²) in [5, 5.41) is 75.3. The maximum Gasteiger partial charge on any atom is 0.335 e. The van der Waals surface area contributed by atoms with Crippen LogP contribution in [-0.4, -0.2) is 102 Å². The molecule has 0 radical (unpaired) electrons. The number of hydrogen-bond acceptors (Lipinski definition) is 11. The summed E-state index contributed by atoms with van der Waals surface area (Å²) in [6.07, 6.45) is 4.10. The molecule has 0 fully saturated rings. The van der Waals surface area contributed by atoms with Crippen LogP contribution < -0.4 is 5.32 Å². The molecular weight excluding hydrogens is 857 g/mol. The van der Waals surface area contributed by atoms with E-state index in [-0.39, 0.29) is 48.2 Å². The van der Waals surface area contributed by atoms with E-state index in [0.717, 1.165) is 16.7 Å². The van der Waals surface area contributed by atoms with Crippen LogP contribution in [0.3, 0.4) is 0 Å². The number of halogens is 2. The topological polar surface area (TPSA) is 268 Å². The van der Waals surface area contributed by atoms with Crippen LogP contribution in [0.15, 0.2) is 125 Å². The SMILES string of the molecule is CB(O)C[C@H](Cc1ccc(-c2ccccc2F)cc1)C[C@@](C)(CO)C(=O)O.C[C@@](CO)(C[C@@H](Cc1ccc(-c2ccccc2F)cc1)NC(=O)c1cn[nH]n1)C(=O)O.O=C(O)C1=CN=NC1. The van der Waals surface area contributed by atoms with Gasteiger partial charge in [0.05, 0.1) is 48.6 Å². The molecule has 0 saturated carbocycles. The number of carboxylic acid groups (broad SMARTS) is 3. The van der Waals surface area contributed by atoms with Crippen molar-refractivity contribution in [3.63, 3.8) is 0 Å². The molecule has 2 heterocycles. The van der Waals surface area contributed by atoms with Gasteiger partial charge in [0.25, 0.3) is 12.8 Å². The van der Waals surface area contributed by atoms with E-state index in [0.29, 0.717) is 35.9 Å². The number of benzene rings is 4. The highest BCUT2D eigenvalue weighted by atomic mass is 19.1. The standard InChI is InChI=1S/C22H23FN4O4.C21H26BFO4.C4H4N2O2/c1-22(13-28,21(30)31)11-16(25-20(29)19-12-24-27-26-19)10-14-6-8-15(9-7-14)17-4-2-3-5-18(17)23;1-21(14-24,20(25)26)12-16(13-22(2)27)11-15-7-9-17(10-8-15)18-5-3-4-6-19(18)23;7-4(8)3-1-5-6-2-3/h2-9,12,16,28H,10-11,13H2,1H3,(H,25,29)(H,30,31)(H,24,26,27);3-10,16,24,27H,11-14H2,1-2H3,(H,25,26);1H,2H2,(H,7,8)/t16-,22+;16-,21+;/m11./s1. The van der Waals surface area contributed by atoms with E-state index in [4.69, 9.17) is 5.11 Å². The predicted octanol–water partition coefficient (Wildman–Crippen LogP) is 6.58. The number of carbonyl (C=O) groups is 4. The molecular formula is C47H53BF2N6O10. The molecule has 16 nitrogen and oxygen atoms in total. The van der Waals surface area contributed by atoms with Gasteiger partial charge in [-0.25, -0.2) is 13.6 Å². The summed E-state index contributed by atoms with van der Waals surface area (Å²) in [5.41, 5.74) is 1.92. The summed E-state index contributed by atoms with van der Waals surface area (Å²) in [5.74, 6) is -4.35. The van der Waals surface area contributed by atoms with Crippen molar-refractivity contribution in [1.82, 2.24) is 20.7 Å². The summed E-state index contributed by atoms with van der Waals surface area (Å²) < 4.78 is 27.9. The number of carbonyl (C=O) groups excluding carboxylic acids is 1. The Morgan fingerprint density at radius 3 is 1.65 bits per heavy atom. The van der Waals surface area contributed by atoms with Gasteiger partial charge in [-0.15, -0.1) is 0 Å². The minimum absolute atomic E-state index is 0.00249. The lowest BCUT2D eigenvalue weighted by atomic mass is 9.60. The average molecular weight is 911 g/mol. The quantitative estimate of drug-likeness (QED) is 0.0408. The molecule has 0 saturated heterocycles. The highest BCUT2D eigenvalue weighted by Crippen LogP contribution is 2.32. The Hall–Kier alpha value is -6.96. The number of aliphatic carboxylic acids is 3. The van der Waals surface area contributed by atoms with Crippen LogP contribution in [0, 0.1) is 28.4 Å². The Morgan fingerprint density at radius 2 is 1.26 bits per heavy atom. The molecule has 0 spiro atoms. The van der Waals surface area contributed by atoms with E-state index in [1.807, 2.05) is 24.3 Å². The van der Waals surface area contributed by atoms with Gasteiger partial charge in [0.2, 0.25) is 0 Å². The van der Waals surface area contributed by atoms with Crippen molar-refractivity contribution in [2.45, 2.75) is 58.7 Å². The molecule has 8 N–H and O–H groups in total. The number of nitrogens with one attached hydrogen (secondary N) is 2. The number of aliphatic hydroxyl groups is 2. The first kappa shape index (κ1) is 51.7. The molecule has 1 amide bonds. The molecule has 0 bridgehead atoms. The van der Waals surface area contributed by atoms with Crippen LogP contribution in [0.4, 0.5) is 8.78 Å². The molecule has 5 aromatic rings. The lowest BCUT2D eigenvalue weighted by Crippen LogP contribution is -2.44. The van der Waals surface area contributed by atoms with Crippen molar-refractivity contribution >= 4 is 30.7 Å². The van der Waals surface area contributed by atoms with Crippen LogP contribution in [0.5, 0.6) is 0 Å². The van der Waals surface area contributed by atoms with Crippen LogP contribution in [0.1, 0.15) is 48.3 Å². The Morgan fingerprint density at radius 1 is 0.758 bits per heavy atom. The Balaban J connectivity index is 0.000000248. The molecule has 6 rings (SSSR count). The van der Waals surface area contributed by atoms with Crippen LogP contribution in [0.2, 0.25) is 13.1 Å². The van der Waals surface area contributed by atoms with Crippen molar-refractivity contribution in [3.8, 4) is 22.3 Å². The number of aliphatic hydroxyl groups excluding tert-OH is 2. The predicted molar refractivity (Wildman–Crippen MR) is 241 cm³/mol. The number of H-pyrrole nitrogens is 1. The van der Waals surface area contributed by atoms with Crippen molar-refractivity contribution in [3.05, 3.63) is 143 Å². The lowest BCUT2D eigenvalue weighted by molar-refractivity contribution is -0.152. The third-order valence-corrected chi connectivity index (χ3v) is 10.9. The molecule has 66 heavy (non-hydrogen) atoms. The summed E-state index contributed by atoms with van der Waals surface area (Å²) >= 11 is 0. The largest absolute Gasteiger partial charge is 0.481 e. The number of rotatable bonds is 19. The van der Waals surface area contributed by atoms with Gasteiger partial charge in [0.1, 0.15) is 11.6 Å². The summed E-state index contributed by atoms with van der Waals surface area (Å²) in [4.78, 5) is 45.6. The third kappa shape index (κ3) is 15.1. The molecule has 4 aromatic carbocycles. The number of amides is 1. The maximum atomic E-state index is 14.0. The fourth-order valence-electron chi connectivity index (χ4n) is 7.13. The van der Waals surface area contributed by atoms with Crippen LogP contribution in [-0.2, 0) is 27.2 Å². The Kier molecular flexibility index (Phi) is 19.1. The molecule has 0 unspecified atom stereocenters. The van der Waals surface area contributed by atoms with Crippen molar-refractivity contribution in [1.29, 1.82) is 0 Å². The number of aromatic nitrogens is 3. The molecule has 0 aliphatic carbocycles. The lowest BCUT2D eigenvalue weighted by Gasteiger charge is -2.28. The maximum absolute atomic E-state index is 14.0. The van der Waals surface area contributed by atoms with Gasteiger partial charge < -0.3 is 35.9 Å². The van der Waals surface area contributed by atoms with E-state index in [1.165, 1.54) is 38.4 Å². The molecule has 1 aliphatic heterocycles. The van der Waals surface area contributed by atoms with E-state index >= 15 is 0 Å². The number of azo groups is 1. The second kappa shape index (κ2) is 24.4. The van der Waals surface area contributed by atoms with E-state index in [2.05, 4.69) is 31.0 Å². The number of nitrogens with zero attached hydrogens (tertiary/aromatic N) is 4. The first-order valence-corrected chi connectivity index (χ1v) is 20.9. The molecule has 348 valence electrons. The zero-order chi connectivity index (χ0) is 48.4. The second-order valence-corrected chi connectivity index (χ2v) is 16.6. The smallest absolute Gasteiger partial charge is 0.335 e. The molecule has 4 atom stereocenters. The van der Waals surface area contributed by atoms with Crippen molar-refractivity contribution in [2.24, 2.45) is 27.0 Å². The number of aromatic amines is 1. The van der Waals surface area contributed by atoms with Gasteiger partial charge in [-0.2, -0.15) is 25.6 Å². The average Bonchev–Trinajstić information content (AvgIpc) is 4.04. The zero-order valence-corrected chi connectivity index (χ0v) is 36.6. The Bertz CT molecular complexity index is 2460. The van der Waals surface area contributed by atoms with Gasteiger partial charge in [0.15, 0.2) is 5.69 Å². The second-order valence-electron chi connectivity index (χ2n) is 16.6. The zero-order valence-electron chi connectivity index (χ0n) is 36.6. The number of carboxylic acids is 3. The summed E-state index contributed by atoms with van der Waals surface area (Å²) in [6, 6.07) is 27.0. The number of hydrogen-bond donors (Lipinski definition) is 8. The summed E-state index contributed by atoms with van der Waals surface area (Å²) in [7, 11) is 0. The molecule has 19 heteroatoms. The normalized spacial score (nSPS) is 14.4. The molecule has 1 aromatic heterocycles. The van der Waals surface area contributed by atoms with Gasteiger partial charge in [-0.05, 0) is 86.2 Å². The van der Waals surface area contributed by atoms with Crippen molar-refractivity contribution < 1.29 is 58.5 Å². The highest BCUT2D eigenvalue weighted by Gasteiger charge is 2.37. The third-order valence-electron chi connectivity index (χ3n) is 10.9. The van der Waals surface area contributed by atoms with Gasteiger partial charge in [-0.1, -0.05) is 91.8 Å². The van der Waals surface area contributed by atoms with E-state index < -0.39 is 60.8 Å².